The van der Waals surface area contributed by atoms with Crippen molar-refractivity contribution in [3.8, 4) is 0 Å². The highest BCUT2D eigenvalue weighted by molar-refractivity contribution is 8.14. The van der Waals surface area contributed by atoms with Crippen LogP contribution >= 0.6 is 23.4 Å². The molecule has 0 radical (unpaired) electrons. The Kier molecular flexibility index (Phi) is 3.29. The van der Waals surface area contributed by atoms with Crippen molar-refractivity contribution in [3.05, 3.63) is 28.8 Å². The lowest BCUT2D eigenvalue weighted by Crippen LogP contribution is -2.21. The van der Waals surface area contributed by atoms with Crippen molar-refractivity contribution in [2.75, 3.05) is 11.1 Å². The van der Waals surface area contributed by atoms with Gasteiger partial charge in [0.15, 0.2) is 5.17 Å². The highest BCUT2D eigenvalue weighted by Crippen LogP contribution is 2.41. The SMILES string of the molecule is Cc1c(Cl)cccc1NC1=NC2(CCCC2)CS1. The van der Waals surface area contributed by atoms with Crippen molar-refractivity contribution < 1.29 is 0 Å². The van der Waals surface area contributed by atoms with E-state index in [1.54, 1.807) is 0 Å². The summed E-state index contributed by atoms with van der Waals surface area (Å²) in [6, 6.07) is 5.96. The quantitative estimate of drug-likeness (QED) is 0.820. The van der Waals surface area contributed by atoms with E-state index in [1.807, 2.05) is 30.8 Å². The average Bonchev–Trinajstić information content (AvgIpc) is 2.97. The van der Waals surface area contributed by atoms with E-state index in [9.17, 15) is 0 Å². The predicted octanol–water partition coefficient (Wildman–Crippen LogP) is 4.48. The molecule has 1 aliphatic carbocycles. The summed E-state index contributed by atoms with van der Waals surface area (Å²) in [4.78, 5) is 4.91. The Morgan fingerprint density at radius 2 is 2.11 bits per heavy atom. The Balaban J connectivity index is 1.79. The molecule has 2 aliphatic rings. The Morgan fingerprint density at radius 1 is 1.33 bits per heavy atom. The monoisotopic (exact) mass is 280 g/mol. The minimum Gasteiger partial charge on any atom is -0.335 e. The van der Waals surface area contributed by atoms with Gasteiger partial charge < -0.3 is 5.32 Å². The van der Waals surface area contributed by atoms with E-state index in [0.29, 0.717) is 0 Å². The summed E-state index contributed by atoms with van der Waals surface area (Å²) >= 11 is 7.98. The number of rotatable bonds is 1. The van der Waals surface area contributed by atoms with E-state index >= 15 is 0 Å². The summed E-state index contributed by atoms with van der Waals surface area (Å²) in [6.45, 7) is 2.04. The zero-order valence-corrected chi connectivity index (χ0v) is 12.1. The van der Waals surface area contributed by atoms with Crippen LogP contribution in [0.5, 0.6) is 0 Å². The molecule has 4 heteroatoms. The first-order valence-corrected chi connectivity index (χ1v) is 7.80. The van der Waals surface area contributed by atoms with Crippen molar-refractivity contribution in [1.82, 2.24) is 0 Å². The van der Waals surface area contributed by atoms with Crippen LogP contribution in [0.15, 0.2) is 23.2 Å². The molecule has 1 aromatic carbocycles. The second-order valence-electron chi connectivity index (χ2n) is 5.17. The number of thioether (sulfide) groups is 1. The van der Waals surface area contributed by atoms with Crippen LogP contribution in [0.25, 0.3) is 0 Å². The number of amidine groups is 1. The van der Waals surface area contributed by atoms with E-state index in [0.717, 1.165) is 27.2 Å². The van der Waals surface area contributed by atoms with Crippen LogP contribution in [0, 0.1) is 6.92 Å². The number of nitrogens with one attached hydrogen (secondary N) is 1. The first kappa shape index (κ1) is 12.4. The third-order valence-corrected chi connectivity index (χ3v) is 5.42. The zero-order valence-electron chi connectivity index (χ0n) is 10.5. The minimum atomic E-state index is 0.236. The van der Waals surface area contributed by atoms with Gasteiger partial charge in [0.05, 0.1) is 5.54 Å². The second kappa shape index (κ2) is 4.78. The maximum atomic E-state index is 6.13. The number of benzene rings is 1. The average molecular weight is 281 g/mol. The largest absolute Gasteiger partial charge is 0.335 e. The summed E-state index contributed by atoms with van der Waals surface area (Å²) in [6.07, 6.45) is 5.15. The Hall–Kier alpha value is -0.670. The fraction of sp³-hybridized carbons (Fsp3) is 0.500. The van der Waals surface area contributed by atoms with Gasteiger partial charge in [-0.2, -0.15) is 0 Å². The van der Waals surface area contributed by atoms with Gasteiger partial charge in [-0.05, 0) is 37.5 Å². The summed E-state index contributed by atoms with van der Waals surface area (Å²) in [5.41, 5.74) is 2.40. The van der Waals surface area contributed by atoms with Crippen LogP contribution in [0.2, 0.25) is 5.02 Å². The lowest BCUT2D eigenvalue weighted by molar-refractivity contribution is 0.508. The number of halogens is 1. The number of anilines is 1. The topological polar surface area (TPSA) is 24.4 Å². The molecule has 1 aliphatic heterocycles. The van der Waals surface area contributed by atoms with E-state index < -0.39 is 0 Å². The molecule has 1 spiro atoms. The maximum Gasteiger partial charge on any atom is 0.161 e. The van der Waals surface area contributed by atoms with Gasteiger partial charge in [0.1, 0.15) is 0 Å². The van der Waals surface area contributed by atoms with Gasteiger partial charge in [-0.1, -0.05) is 42.3 Å². The molecule has 2 nitrogen and oxygen atoms in total. The summed E-state index contributed by atoms with van der Waals surface area (Å²) in [7, 11) is 0. The van der Waals surface area contributed by atoms with Gasteiger partial charge in [-0.15, -0.1) is 0 Å². The standard InChI is InChI=1S/C14H17ClN2S/c1-10-11(15)5-4-6-12(10)16-13-17-14(9-18-13)7-2-3-8-14/h4-6H,2-3,7-9H2,1H3,(H,16,17). The normalized spacial score (nSPS) is 21.3. The number of hydrogen-bond acceptors (Lipinski definition) is 3. The van der Waals surface area contributed by atoms with E-state index in [2.05, 4.69) is 11.4 Å². The minimum absolute atomic E-state index is 0.236. The van der Waals surface area contributed by atoms with Crippen LogP contribution in [-0.4, -0.2) is 16.5 Å². The first-order valence-electron chi connectivity index (χ1n) is 6.43. The molecular weight excluding hydrogens is 264 g/mol. The molecule has 0 atom stereocenters. The lowest BCUT2D eigenvalue weighted by Gasteiger charge is -2.16. The molecule has 3 rings (SSSR count). The van der Waals surface area contributed by atoms with Gasteiger partial charge in [-0.25, -0.2) is 0 Å². The second-order valence-corrected chi connectivity index (χ2v) is 6.55. The molecule has 0 unspecified atom stereocenters. The molecule has 0 bridgehead atoms. The third kappa shape index (κ3) is 2.26. The van der Waals surface area contributed by atoms with Gasteiger partial charge in [0.2, 0.25) is 0 Å². The van der Waals surface area contributed by atoms with Crippen molar-refractivity contribution in [2.24, 2.45) is 4.99 Å². The van der Waals surface area contributed by atoms with Crippen LogP contribution in [0.1, 0.15) is 31.2 Å². The summed E-state index contributed by atoms with van der Waals surface area (Å²) < 4.78 is 0. The smallest absolute Gasteiger partial charge is 0.161 e. The van der Waals surface area contributed by atoms with Gasteiger partial charge in [-0.3, -0.25) is 4.99 Å². The highest BCUT2D eigenvalue weighted by atomic mass is 35.5. The van der Waals surface area contributed by atoms with Gasteiger partial charge in [0, 0.05) is 16.5 Å². The lowest BCUT2D eigenvalue weighted by atomic mass is 10.0. The molecule has 0 saturated heterocycles. The van der Waals surface area contributed by atoms with Crippen molar-refractivity contribution in [3.63, 3.8) is 0 Å². The van der Waals surface area contributed by atoms with Gasteiger partial charge in [0.25, 0.3) is 0 Å². The molecule has 0 aromatic heterocycles. The molecule has 1 N–H and O–H groups in total. The van der Waals surface area contributed by atoms with E-state index in [-0.39, 0.29) is 5.54 Å². The van der Waals surface area contributed by atoms with Crippen molar-refractivity contribution >= 4 is 34.2 Å². The van der Waals surface area contributed by atoms with Crippen LogP contribution in [-0.2, 0) is 0 Å². The molecular formula is C14H17ClN2S. The number of hydrogen-bond donors (Lipinski definition) is 1. The molecule has 0 amide bonds. The van der Waals surface area contributed by atoms with E-state index in [4.69, 9.17) is 16.6 Å². The summed E-state index contributed by atoms with van der Waals surface area (Å²) in [5, 5.41) is 5.29. The fourth-order valence-corrected chi connectivity index (χ4v) is 4.07. The first-order chi connectivity index (χ1) is 8.69. The Labute approximate surface area is 117 Å². The third-order valence-electron chi connectivity index (χ3n) is 3.86. The molecule has 1 heterocycles. The van der Waals surface area contributed by atoms with E-state index in [1.165, 1.54) is 25.7 Å². The Bertz CT molecular complexity index is 493. The predicted molar refractivity (Wildman–Crippen MR) is 80.9 cm³/mol. The van der Waals surface area contributed by atoms with Crippen LogP contribution < -0.4 is 5.32 Å². The molecule has 1 saturated carbocycles. The molecule has 18 heavy (non-hydrogen) atoms. The number of aliphatic imine (C=N–C) groups is 1. The summed E-state index contributed by atoms with van der Waals surface area (Å²) in [5.74, 6) is 1.13. The van der Waals surface area contributed by atoms with Crippen LogP contribution in [0.4, 0.5) is 5.69 Å². The fourth-order valence-electron chi connectivity index (χ4n) is 2.69. The van der Waals surface area contributed by atoms with Crippen molar-refractivity contribution in [2.45, 2.75) is 38.1 Å². The highest BCUT2D eigenvalue weighted by Gasteiger charge is 2.38. The molecule has 1 fully saturated rings. The van der Waals surface area contributed by atoms with Crippen molar-refractivity contribution in [1.29, 1.82) is 0 Å². The Morgan fingerprint density at radius 3 is 2.89 bits per heavy atom. The van der Waals surface area contributed by atoms with Gasteiger partial charge >= 0.3 is 0 Å². The molecule has 1 aromatic rings. The maximum absolute atomic E-state index is 6.13. The van der Waals surface area contributed by atoms with Crippen LogP contribution in [0.3, 0.4) is 0 Å². The molecule has 96 valence electrons. The number of nitrogens with zero attached hydrogens (tertiary/aromatic N) is 1. The zero-order chi connectivity index (χ0) is 12.6.